The molecule has 1 atom stereocenters. The predicted molar refractivity (Wildman–Crippen MR) is 78.4 cm³/mol. The molecule has 0 aromatic carbocycles. The Morgan fingerprint density at radius 1 is 1.41 bits per heavy atom. The third-order valence-corrected chi connectivity index (χ3v) is 3.77. The summed E-state index contributed by atoms with van der Waals surface area (Å²) in [5, 5.41) is 7.89. The molecule has 0 saturated carbocycles. The fourth-order valence-corrected chi connectivity index (χ4v) is 2.67. The molecule has 1 amide bonds. The first-order chi connectivity index (χ1) is 10.6. The number of carbonyl (C=O) groups excluding carboxylic acids is 1. The summed E-state index contributed by atoms with van der Waals surface area (Å²) in [6.07, 6.45) is 1.92. The summed E-state index contributed by atoms with van der Waals surface area (Å²) in [7, 11) is 0. The zero-order valence-corrected chi connectivity index (χ0v) is 13.0. The first-order valence-electron chi connectivity index (χ1n) is 7.43. The lowest BCUT2D eigenvalue weighted by Gasteiger charge is -2.33. The Labute approximate surface area is 128 Å². The van der Waals surface area contributed by atoms with Crippen LogP contribution in [0, 0.1) is 6.92 Å². The highest BCUT2D eigenvalue weighted by Gasteiger charge is 2.34. The molecule has 118 valence electrons. The molecule has 1 fully saturated rings. The maximum absolute atomic E-state index is 12.9. The lowest BCUT2D eigenvalue weighted by atomic mass is 10.2. The van der Waals surface area contributed by atoms with Crippen LogP contribution in [0.1, 0.15) is 48.2 Å². The minimum atomic E-state index is -0.335. The summed E-state index contributed by atoms with van der Waals surface area (Å²) < 4.78 is 13.0. The van der Waals surface area contributed by atoms with Gasteiger partial charge in [0.25, 0.3) is 5.91 Å². The first kappa shape index (κ1) is 14.8. The quantitative estimate of drug-likeness (QED) is 0.867. The second-order valence-electron chi connectivity index (χ2n) is 5.64. The predicted octanol–water partition coefficient (Wildman–Crippen LogP) is 1.97. The average molecular weight is 304 g/mol. The molecule has 7 heteroatoms. The number of aryl methyl sites for hydroxylation is 1. The van der Waals surface area contributed by atoms with E-state index in [1.807, 2.05) is 22.9 Å². The Hall–Kier alpha value is -2.15. The maximum Gasteiger partial charge on any atom is 0.271 e. The van der Waals surface area contributed by atoms with Crippen molar-refractivity contribution in [2.75, 3.05) is 19.8 Å². The van der Waals surface area contributed by atoms with Gasteiger partial charge in [0, 0.05) is 25.7 Å². The zero-order valence-electron chi connectivity index (χ0n) is 13.0. The van der Waals surface area contributed by atoms with E-state index < -0.39 is 0 Å². The van der Waals surface area contributed by atoms with E-state index in [4.69, 9.17) is 9.15 Å². The molecule has 0 bridgehead atoms. The van der Waals surface area contributed by atoms with E-state index >= 15 is 0 Å². The van der Waals surface area contributed by atoms with Crippen LogP contribution < -0.4 is 0 Å². The van der Waals surface area contributed by atoms with Crippen molar-refractivity contribution in [3.63, 3.8) is 0 Å². The van der Waals surface area contributed by atoms with E-state index in [0.717, 1.165) is 0 Å². The van der Waals surface area contributed by atoms with Crippen molar-refractivity contribution in [2.45, 2.75) is 32.9 Å². The number of amides is 1. The Morgan fingerprint density at radius 3 is 2.91 bits per heavy atom. The lowest BCUT2D eigenvalue weighted by molar-refractivity contribution is -0.0112. The van der Waals surface area contributed by atoms with Gasteiger partial charge in [-0.05, 0) is 26.0 Å². The molecule has 0 unspecified atom stereocenters. The standard InChI is InChI=1S/C15H20N4O3/c1-10(2)18-6-4-5-12(18)15(20)19-7-8-21-9-13(19)14-17-16-11(3)22-14/h4-6,10,13H,7-9H2,1-3H3/t13-/m1/s1. The van der Waals surface area contributed by atoms with Gasteiger partial charge in [-0.3, -0.25) is 4.79 Å². The van der Waals surface area contributed by atoms with Crippen molar-refractivity contribution >= 4 is 5.91 Å². The van der Waals surface area contributed by atoms with E-state index in [2.05, 4.69) is 24.0 Å². The van der Waals surface area contributed by atoms with Gasteiger partial charge < -0.3 is 18.6 Å². The van der Waals surface area contributed by atoms with Gasteiger partial charge >= 0.3 is 0 Å². The number of morpholine rings is 1. The number of hydrogen-bond donors (Lipinski definition) is 0. The third kappa shape index (κ3) is 2.64. The van der Waals surface area contributed by atoms with E-state index in [0.29, 0.717) is 37.2 Å². The minimum Gasteiger partial charge on any atom is -0.423 e. The largest absolute Gasteiger partial charge is 0.423 e. The van der Waals surface area contributed by atoms with Gasteiger partial charge in [0.05, 0.1) is 13.2 Å². The Morgan fingerprint density at radius 2 is 2.23 bits per heavy atom. The van der Waals surface area contributed by atoms with E-state index in [-0.39, 0.29) is 18.0 Å². The van der Waals surface area contributed by atoms with Crippen LogP contribution in [0.5, 0.6) is 0 Å². The maximum atomic E-state index is 12.9. The second kappa shape index (κ2) is 5.92. The highest BCUT2D eigenvalue weighted by molar-refractivity contribution is 5.93. The third-order valence-electron chi connectivity index (χ3n) is 3.77. The van der Waals surface area contributed by atoms with Gasteiger partial charge in [0.2, 0.25) is 11.8 Å². The Kier molecular flexibility index (Phi) is 3.98. The summed E-state index contributed by atoms with van der Waals surface area (Å²) in [5.41, 5.74) is 0.665. The Balaban J connectivity index is 1.90. The summed E-state index contributed by atoms with van der Waals surface area (Å²) in [6, 6.07) is 3.62. The van der Waals surface area contributed by atoms with Crippen molar-refractivity contribution in [1.29, 1.82) is 0 Å². The van der Waals surface area contributed by atoms with Crippen LogP contribution >= 0.6 is 0 Å². The van der Waals surface area contributed by atoms with Crippen LogP contribution in [0.3, 0.4) is 0 Å². The van der Waals surface area contributed by atoms with Crippen LogP contribution in [0.2, 0.25) is 0 Å². The van der Waals surface area contributed by atoms with Gasteiger partial charge in [0.1, 0.15) is 11.7 Å². The molecule has 0 radical (unpaired) electrons. The van der Waals surface area contributed by atoms with Gasteiger partial charge in [0.15, 0.2) is 0 Å². The van der Waals surface area contributed by atoms with Gasteiger partial charge in [-0.1, -0.05) is 0 Å². The van der Waals surface area contributed by atoms with Crippen molar-refractivity contribution < 1.29 is 13.9 Å². The molecule has 22 heavy (non-hydrogen) atoms. The normalized spacial score (nSPS) is 18.9. The number of ether oxygens (including phenoxy) is 1. The number of hydrogen-bond acceptors (Lipinski definition) is 5. The van der Waals surface area contributed by atoms with Crippen molar-refractivity contribution in [3.05, 3.63) is 35.8 Å². The van der Waals surface area contributed by atoms with Crippen LogP contribution in [0.15, 0.2) is 22.7 Å². The molecule has 1 aliphatic heterocycles. The van der Waals surface area contributed by atoms with Crippen LogP contribution in [-0.4, -0.2) is 45.3 Å². The van der Waals surface area contributed by atoms with Crippen molar-refractivity contribution in [3.8, 4) is 0 Å². The minimum absolute atomic E-state index is 0.0390. The van der Waals surface area contributed by atoms with Crippen LogP contribution in [0.25, 0.3) is 0 Å². The zero-order chi connectivity index (χ0) is 15.7. The molecule has 7 nitrogen and oxygen atoms in total. The molecule has 1 aliphatic rings. The SMILES string of the molecule is Cc1nnc([C@H]2COCCN2C(=O)c2cccn2C(C)C)o1. The Bertz CT molecular complexity index is 661. The van der Waals surface area contributed by atoms with Crippen LogP contribution in [0.4, 0.5) is 0 Å². The van der Waals surface area contributed by atoms with Gasteiger partial charge in [-0.15, -0.1) is 10.2 Å². The summed E-state index contributed by atoms with van der Waals surface area (Å²) in [6.45, 7) is 7.22. The average Bonchev–Trinajstić information content (AvgIpc) is 3.15. The summed E-state index contributed by atoms with van der Waals surface area (Å²) >= 11 is 0. The fraction of sp³-hybridized carbons (Fsp3) is 0.533. The first-order valence-corrected chi connectivity index (χ1v) is 7.43. The molecule has 1 saturated heterocycles. The molecule has 2 aromatic rings. The molecule has 3 rings (SSSR count). The van der Waals surface area contributed by atoms with Crippen molar-refractivity contribution in [1.82, 2.24) is 19.7 Å². The molecule has 0 spiro atoms. The summed E-state index contributed by atoms with van der Waals surface area (Å²) in [4.78, 5) is 14.7. The molecule has 3 heterocycles. The van der Waals surface area contributed by atoms with E-state index in [1.165, 1.54) is 0 Å². The topological polar surface area (TPSA) is 73.4 Å². The van der Waals surface area contributed by atoms with Crippen molar-refractivity contribution in [2.24, 2.45) is 0 Å². The number of nitrogens with zero attached hydrogens (tertiary/aromatic N) is 4. The molecule has 0 N–H and O–H groups in total. The second-order valence-corrected chi connectivity index (χ2v) is 5.64. The van der Waals surface area contributed by atoms with Gasteiger partial charge in [-0.2, -0.15) is 0 Å². The molecular formula is C15H20N4O3. The highest BCUT2D eigenvalue weighted by Crippen LogP contribution is 2.26. The fourth-order valence-electron chi connectivity index (χ4n) is 2.67. The van der Waals surface area contributed by atoms with E-state index in [9.17, 15) is 4.79 Å². The number of rotatable bonds is 3. The molecule has 2 aromatic heterocycles. The summed E-state index contributed by atoms with van der Waals surface area (Å²) in [5.74, 6) is 0.870. The molecule has 0 aliphatic carbocycles. The van der Waals surface area contributed by atoms with Crippen LogP contribution in [-0.2, 0) is 4.74 Å². The monoisotopic (exact) mass is 304 g/mol. The van der Waals surface area contributed by atoms with E-state index in [1.54, 1.807) is 11.8 Å². The highest BCUT2D eigenvalue weighted by atomic mass is 16.5. The number of carbonyl (C=O) groups is 1. The lowest BCUT2D eigenvalue weighted by Crippen LogP contribution is -2.44. The molecular weight excluding hydrogens is 284 g/mol. The number of aromatic nitrogens is 3. The smallest absolute Gasteiger partial charge is 0.271 e. The van der Waals surface area contributed by atoms with Gasteiger partial charge in [-0.25, -0.2) is 0 Å².